The first-order valence-electron chi connectivity index (χ1n) is 9.44. The third kappa shape index (κ3) is 5.45. The van der Waals surface area contributed by atoms with Gasteiger partial charge < -0.3 is 10.1 Å². The lowest BCUT2D eigenvalue weighted by Crippen LogP contribution is -2.26. The van der Waals surface area contributed by atoms with Crippen molar-refractivity contribution in [2.75, 3.05) is 6.54 Å². The molecular weight excluding hydrogens is 354 g/mol. The van der Waals surface area contributed by atoms with E-state index in [0.29, 0.717) is 12.2 Å². The third-order valence-electron chi connectivity index (χ3n) is 4.37. The van der Waals surface area contributed by atoms with Gasteiger partial charge in [-0.2, -0.15) is 10.2 Å². The minimum absolute atomic E-state index is 0.112. The van der Waals surface area contributed by atoms with Crippen molar-refractivity contribution in [3.63, 3.8) is 0 Å². The fourth-order valence-electron chi connectivity index (χ4n) is 2.71. The lowest BCUT2D eigenvalue weighted by atomic mass is 9.87. The van der Waals surface area contributed by atoms with Crippen LogP contribution in [0.25, 0.3) is 0 Å². The number of aryl methyl sites for hydroxylation is 1. The summed E-state index contributed by atoms with van der Waals surface area (Å²) in [5, 5.41) is 11.3. The maximum absolute atomic E-state index is 12.2. The monoisotopic (exact) mass is 381 g/mol. The van der Waals surface area contributed by atoms with E-state index in [4.69, 9.17) is 4.74 Å². The highest BCUT2D eigenvalue weighted by molar-refractivity contribution is 5.92. The molecule has 0 saturated heterocycles. The fourth-order valence-corrected chi connectivity index (χ4v) is 2.71. The van der Waals surface area contributed by atoms with Crippen molar-refractivity contribution in [2.45, 2.75) is 45.9 Å². The average molecular weight is 381 g/mol. The number of hydrogen-bond donors (Lipinski definition) is 1. The molecule has 2 aromatic heterocycles. The topological polar surface area (TPSA) is 74.0 Å². The van der Waals surface area contributed by atoms with Gasteiger partial charge in [0.2, 0.25) is 0 Å². The normalized spacial score (nSPS) is 11.4. The number of amides is 1. The zero-order chi connectivity index (χ0) is 20.0. The van der Waals surface area contributed by atoms with E-state index < -0.39 is 0 Å². The number of rotatable bonds is 8. The molecule has 28 heavy (non-hydrogen) atoms. The molecule has 0 spiro atoms. The van der Waals surface area contributed by atoms with Crippen LogP contribution in [0.5, 0.6) is 5.75 Å². The van der Waals surface area contributed by atoms with Gasteiger partial charge >= 0.3 is 0 Å². The fraction of sp³-hybridized carbons (Fsp3) is 0.381. The lowest BCUT2D eigenvalue weighted by molar-refractivity contribution is 0.0945. The summed E-state index contributed by atoms with van der Waals surface area (Å²) in [7, 11) is 0. The Morgan fingerprint density at radius 3 is 2.57 bits per heavy atom. The highest BCUT2D eigenvalue weighted by Crippen LogP contribution is 2.24. The van der Waals surface area contributed by atoms with Gasteiger partial charge in [-0.05, 0) is 41.7 Å². The number of aromatic nitrogens is 4. The van der Waals surface area contributed by atoms with Crippen LogP contribution >= 0.6 is 0 Å². The predicted molar refractivity (Wildman–Crippen MR) is 107 cm³/mol. The van der Waals surface area contributed by atoms with Gasteiger partial charge in [0.05, 0.1) is 0 Å². The van der Waals surface area contributed by atoms with Gasteiger partial charge in [0, 0.05) is 31.7 Å². The van der Waals surface area contributed by atoms with Crippen molar-refractivity contribution in [3.8, 4) is 5.75 Å². The zero-order valence-corrected chi connectivity index (χ0v) is 16.6. The molecule has 7 nitrogen and oxygen atoms in total. The largest absolute Gasteiger partial charge is 0.471 e. The molecule has 148 valence electrons. The molecule has 3 aromatic rings. The van der Waals surface area contributed by atoms with Crippen LogP contribution in [0.4, 0.5) is 0 Å². The molecule has 0 radical (unpaired) electrons. The first-order valence-corrected chi connectivity index (χ1v) is 9.44. The highest BCUT2D eigenvalue weighted by atomic mass is 16.5. The van der Waals surface area contributed by atoms with E-state index in [9.17, 15) is 4.79 Å². The summed E-state index contributed by atoms with van der Waals surface area (Å²) in [4.78, 5) is 12.2. The van der Waals surface area contributed by atoms with E-state index >= 15 is 0 Å². The van der Waals surface area contributed by atoms with Gasteiger partial charge in [-0.1, -0.05) is 32.9 Å². The van der Waals surface area contributed by atoms with Gasteiger partial charge in [0.25, 0.3) is 5.91 Å². The lowest BCUT2D eigenvalue weighted by Gasteiger charge is -2.19. The Kier molecular flexibility index (Phi) is 6.13. The SMILES string of the molecule is CC(C)(C)c1ccc(OCn2ccc(C(=O)NCCCn3cccn3)n2)cc1. The Morgan fingerprint density at radius 1 is 1.11 bits per heavy atom. The van der Waals surface area contributed by atoms with Crippen LogP contribution in [0.3, 0.4) is 0 Å². The Morgan fingerprint density at radius 2 is 1.89 bits per heavy atom. The molecule has 0 bridgehead atoms. The van der Waals surface area contributed by atoms with E-state index in [2.05, 4.69) is 48.4 Å². The van der Waals surface area contributed by atoms with Crippen LogP contribution in [0.1, 0.15) is 43.2 Å². The number of nitrogens with one attached hydrogen (secondary N) is 1. The Hall–Kier alpha value is -3.09. The van der Waals surface area contributed by atoms with E-state index in [0.717, 1.165) is 18.7 Å². The number of ether oxygens (including phenoxy) is 1. The van der Waals surface area contributed by atoms with Crippen LogP contribution in [0.2, 0.25) is 0 Å². The highest BCUT2D eigenvalue weighted by Gasteiger charge is 2.13. The second-order valence-corrected chi connectivity index (χ2v) is 7.67. The van der Waals surface area contributed by atoms with Gasteiger partial charge in [-0.25, -0.2) is 4.68 Å². The molecule has 0 fully saturated rings. The first kappa shape index (κ1) is 19.7. The molecule has 1 aromatic carbocycles. The minimum atomic E-state index is -0.186. The maximum Gasteiger partial charge on any atom is 0.271 e. The molecule has 0 atom stereocenters. The van der Waals surface area contributed by atoms with Gasteiger partial charge in [-0.15, -0.1) is 0 Å². The van der Waals surface area contributed by atoms with Crippen molar-refractivity contribution < 1.29 is 9.53 Å². The second-order valence-electron chi connectivity index (χ2n) is 7.67. The van der Waals surface area contributed by atoms with Crippen LogP contribution < -0.4 is 10.1 Å². The molecule has 1 amide bonds. The van der Waals surface area contributed by atoms with Gasteiger partial charge in [0.1, 0.15) is 11.4 Å². The first-order chi connectivity index (χ1) is 13.4. The summed E-state index contributed by atoms with van der Waals surface area (Å²) < 4.78 is 9.20. The third-order valence-corrected chi connectivity index (χ3v) is 4.37. The molecule has 7 heteroatoms. The Labute approximate surface area is 165 Å². The molecule has 0 unspecified atom stereocenters. The smallest absolute Gasteiger partial charge is 0.271 e. The van der Waals surface area contributed by atoms with Crippen molar-refractivity contribution >= 4 is 5.91 Å². The minimum Gasteiger partial charge on any atom is -0.471 e. The number of hydrogen-bond acceptors (Lipinski definition) is 4. The summed E-state index contributed by atoms with van der Waals surface area (Å²) in [5.74, 6) is 0.585. The molecule has 0 aliphatic heterocycles. The maximum atomic E-state index is 12.2. The van der Waals surface area contributed by atoms with Gasteiger partial charge in [-0.3, -0.25) is 9.48 Å². The molecule has 0 aliphatic carbocycles. The molecule has 2 heterocycles. The van der Waals surface area contributed by atoms with Crippen molar-refractivity contribution in [3.05, 3.63) is 66.2 Å². The number of carbonyl (C=O) groups is 1. The number of nitrogens with zero attached hydrogens (tertiary/aromatic N) is 4. The Bertz CT molecular complexity index is 876. The molecule has 3 rings (SSSR count). The van der Waals surface area contributed by atoms with Crippen molar-refractivity contribution in [1.29, 1.82) is 0 Å². The van der Waals surface area contributed by atoms with Crippen LogP contribution in [-0.2, 0) is 18.7 Å². The predicted octanol–water partition coefficient (Wildman–Crippen LogP) is 3.23. The number of carbonyl (C=O) groups excluding carboxylic acids is 1. The average Bonchev–Trinajstić information content (AvgIpc) is 3.35. The van der Waals surface area contributed by atoms with E-state index in [1.54, 1.807) is 23.1 Å². The molecule has 0 aliphatic rings. The number of benzene rings is 1. The molecular formula is C21H27N5O2. The van der Waals surface area contributed by atoms with Crippen molar-refractivity contribution in [1.82, 2.24) is 24.9 Å². The van der Waals surface area contributed by atoms with Crippen molar-refractivity contribution in [2.24, 2.45) is 0 Å². The van der Waals surface area contributed by atoms with E-state index in [-0.39, 0.29) is 18.1 Å². The Balaban J connectivity index is 1.43. The van der Waals surface area contributed by atoms with Crippen LogP contribution in [0.15, 0.2) is 55.0 Å². The van der Waals surface area contributed by atoms with E-state index in [1.165, 1.54) is 5.56 Å². The second kappa shape index (κ2) is 8.73. The van der Waals surface area contributed by atoms with Crippen LogP contribution in [-0.4, -0.2) is 32.0 Å². The standard InChI is InChI=1S/C21H27N5O2/c1-21(2,3)17-6-8-18(9-7-17)28-16-26-15-10-19(24-26)20(27)22-11-4-13-25-14-5-12-23-25/h5-10,12,14-15H,4,11,13,16H2,1-3H3,(H,22,27). The molecule has 1 N–H and O–H groups in total. The van der Waals surface area contributed by atoms with E-state index in [1.807, 2.05) is 29.1 Å². The summed E-state index contributed by atoms with van der Waals surface area (Å²) in [6.45, 7) is 8.12. The van der Waals surface area contributed by atoms with Gasteiger partial charge in [0.15, 0.2) is 6.73 Å². The zero-order valence-electron chi connectivity index (χ0n) is 16.6. The summed E-state index contributed by atoms with van der Waals surface area (Å²) in [5.41, 5.74) is 1.75. The summed E-state index contributed by atoms with van der Waals surface area (Å²) in [6, 6.07) is 11.6. The molecule has 0 saturated carbocycles. The summed E-state index contributed by atoms with van der Waals surface area (Å²) >= 11 is 0. The summed E-state index contributed by atoms with van der Waals surface area (Å²) in [6.07, 6.45) is 6.19. The van der Waals surface area contributed by atoms with Crippen LogP contribution in [0, 0.1) is 0 Å². The quantitative estimate of drug-likeness (QED) is 0.608.